The second-order valence-corrected chi connectivity index (χ2v) is 12.5. The number of rotatable bonds is 25. The number of phenols is 1. The molecule has 0 aromatic heterocycles. The van der Waals surface area contributed by atoms with Crippen LogP contribution < -0.4 is 0 Å². The van der Waals surface area contributed by atoms with Crippen molar-refractivity contribution in [3.05, 3.63) is 66.2 Å². The van der Waals surface area contributed by atoms with Crippen molar-refractivity contribution < 1.29 is 25.5 Å². The third-order valence-corrected chi connectivity index (χ3v) is 7.80. The minimum absolute atomic E-state index is 0.140. The Morgan fingerprint density at radius 1 is 0.354 bits per heavy atom. The minimum atomic E-state index is 0.140. The lowest BCUT2D eigenvalue weighted by atomic mass is 10.0. The molecule has 0 fully saturated rings. The molecule has 0 atom stereocenters. The zero-order valence-corrected chi connectivity index (χ0v) is 31.8. The number of benzene rings is 2. The number of phenolic OH excluding ortho intramolecular Hbond substituents is 1. The average molecular weight is 677 g/mol. The molecule has 0 heterocycles. The Morgan fingerprint density at radius 3 is 0.792 bits per heavy atom. The molecule has 0 spiro atoms. The summed E-state index contributed by atoms with van der Waals surface area (Å²) < 4.78 is 0. The molecule has 0 saturated heterocycles. The van der Waals surface area contributed by atoms with Crippen molar-refractivity contribution in [1.82, 2.24) is 0 Å². The van der Waals surface area contributed by atoms with Gasteiger partial charge in [0.25, 0.3) is 0 Å². The third-order valence-electron chi connectivity index (χ3n) is 7.80. The SMILES string of the molecule is CCCCCCCCCCCCCCCCCCO.CCCCCCCCCCO.CCO.OCc1ccccc1.Oc1ccccc1. The second-order valence-electron chi connectivity index (χ2n) is 12.5. The highest BCUT2D eigenvalue weighted by atomic mass is 16.3. The highest BCUT2D eigenvalue weighted by Crippen LogP contribution is 2.13. The van der Waals surface area contributed by atoms with Gasteiger partial charge in [0.1, 0.15) is 5.75 Å². The van der Waals surface area contributed by atoms with Gasteiger partial charge >= 0.3 is 0 Å². The number of unbranched alkanes of at least 4 members (excludes halogenated alkanes) is 22. The lowest BCUT2D eigenvalue weighted by Crippen LogP contribution is -1.85. The van der Waals surface area contributed by atoms with Crippen LogP contribution in [0.2, 0.25) is 0 Å². The molecule has 0 amide bonds. The maximum absolute atomic E-state index is 8.67. The van der Waals surface area contributed by atoms with E-state index >= 15 is 0 Å². The summed E-state index contributed by atoms with van der Waals surface area (Å²) >= 11 is 0. The fourth-order valence-corrected chi connectivity index (χ4v) is 4.92. The van der Waals surface area contributed by atoms with Crippen LogP contribution in [0.4, 0.5) is 0 Å². The molecule has 0 aliphatic carbocycles. The lowest BCUT2D eigenvalue weighted by molar-refractivity contribution is 0.281. The number of hydrogen-bond donors (Lipinski definition) is 5. The van der Waals surface area contributed by atoms with Gasteiger partial charge in [-0.2, -0.15) is 0 Å². The Hall–Kier alpha value is -1.92. The smallest absolute Gasteiger partial charge is 0.115 e. The molecule has 5 N–H and O–H groups in total. The Bertz CT molecular complexity index is 732. The van der Waals surface area contributed by atoms with Crippen molar-refractivity contribution in [2.45, 2.75) is 181 Å². The summed E-state index contributed by atoms with van der Waals surface area (Å²) in [4.78, 5) is 0. The first kappa shape index (κ1) is 50.5. The van der Waals surface area contributed by atoms with E-state index in [-0.39, 0.29) is 13.2 Å². The highest BCUT2D eigenvalue weighted by molar-refractivity contribution is 5.18. The van der Waals surface area contributed by atoms with E-state index < -0.39 is 0 Å². The van der Waals surface area contributed by atoms with Crippen LogP contribution in [0, 0.1) is 0 Å². The molecule has 0 bridgehead atoms. The highest BCUT2D eigenvalue weighted by Gasteiger charge is 1.94. The van der Waals surface area contributed by atoms with Crippen molar-refractivity contribution in [2.75, 3.05) is 19.8 Å². The van der Waals surface area contributed by atoms with Crippen LogP contribution in [0.25, 0.3) is 0 Å². The first-order valence-corrected chi connectivity index (χ1v) is 19.8. The van der Waals surface area contributed by atoms with Crippen molar-refractivity contribution in [2.24, 2.45) is 0 Å². The zero-order chi connectivity index (χ0) is 36.0. The Morgan fingerprint density at radius 2 is 0.604 bits per heavy atom. The molecule has 2 aromatic rings. The van der Waals surface area contributed by atoms with Crippen LogP contribution in [0.5, 0.6) is 5.75 Å². The van der Waals surface area contributed by atoms with E-state index in [4.69, 9.17) is 25.5 Å². The molecular formula is C43H80O5. The summed E-state index contributed by atoms with van der Waals surface area (Å²) in [5.74, 6) is 0.322. The number of aromatic hydroxyl groups is 1. The molecular weight excluding hydrogens is 596 g/mol. The maximum atomic E-state index is 8.67. The van der Waals surface area contributed by atoms with Gasteiger partial charge in [0.2, 0.25) is 0 Å². The number of para-hydroxylation sites is 1. The van der Waals surface area contributed by atoms with Crippen LogP contribution in [0.1, 0.15) is 180 Å². The second kappa shape index (κ2) is 49.5. The van der Waals surface area contributed by atoms with Crippen LogP contribution in [0.3, 0.4) is 0 Å². The third kappa shape index (κ3) is 50.9. The van der Waals surface area contributed by atoms with Crippen molar-refractivity contribution in [3.8, 4) is 5.75 Å². The summed E-state index contributed by atoms with van der Waals surface area (Å²) in [5, 5.41) is 41.9. The summed E-state index contributed by atoms with van der Waals surface area (Å²) in [6.45, 7) is 7.34. The van der Waals surface area contributed by atoms with E-state index in [0.717, 1.165) is 18.4 Å². The van der Waals surface area contributed by atoms with Gasteiger partial charge in [0, 0.05) is 19.8 Å². The van der Waals surface area contributed by atoms with Gasteiger partial charge in [-0.1, -0.05) is 204 Å². The fourth-order valence-electron chi connectivity index (χ4n) is 4.92. The predicted octanol–water partition coefficient (Wildman–Crippen LogP) is 11.9. The van der Waals surface area contributed by atoms with E-state index in [0.29, 0.717) is 19.0 Å². The first-order chi connectivity index (χ1) is 23.6. The molecule has 0 saturated carbocycles. The number of aliphatic hydroxyl groups is 4. The van der Waals surface area contributed by atoms with E-state index in [1.807, 2.05) is 36.4 Å². The first-order valence-electron chi connectivity index (χ1n) is 19.8. The van der Waals surface area contributed by atoms with Gasteiger partial charge in [-0.25, -0.2) is 0 Å². The minimum Gasteiger partial charge on any atom is -0.508 e. The summed E-state index contributed by atoms with van der Waals surface area (Å²) in [6.07, 6.45) is 32.6. The van der Waals surface area contributed by atoms with Crippen LogP contribution in [0.15, 0.2) is 60.7 Å². The van der Waals surface area contributed by atoms with Crippen molar-refractivity contribution >= 4 is 0 Å². The Kier molecular flexibility index (Phi) is 52.0. The fraction of sp³-hybridized carbons (Fsp3) is 0.721. The van der Waals surface area contributed by atoms with Gasteiger partial charge in [0.15, 0.2) is 0 Å². The molecule has 0 aliphatic rings. The molecule has 0 radical (unpaired) electrons. The zero-order valence-electron chi connectivity index (χ0n) is 31.8. The number of aliphatic hydroxyl groups excluding tert-OH is 4. The van der Waals surface area contributed by atoms with Crippen LogP contribution >= 0.6 is 0 Å². The molecule has 0 aliphatic heterocycles. The molecule has 5 nitrogen and oxygen atoms in total. The topological polar surface area (TPSA) is 101 Å². The lowest BCUT2D eigenvalue weighted by Gasteiger charge is -2.03. The molecule has 5 heteroatoms. The quantitative estimate of drug-likeness (QED) is 0.0674. The monoisotopic (exact) mass is 677 g/mol. The van der Waals surface area contributed by atoms with Crippen LogP contribution in [-0.4, -0.2) is 45.4 Å². The summed E-state index contributed by atoms with van der Waals surface area (Å²) in [7, 11) is 0. The van der Waals surface area contributed by atoms with Gasteiger partial charge in [-0.3, -0.25) is 0 Å². The van der Waals surface area contributed by atoms with E-state index in [1.54, 1.807) is 31.2 Å². The van der Waals surface area contributed by atoms with Crippen molar-refractivity contribution in [3.63, 3.8) is 0 Å². The maximum Gasteiger partial charge on any atom is 0.115 e. The van der Waals surface area contributed by atoms with Crippen LogP contribution in [-0.2, 0) is 6.61 Å². The normalized spacial score (nSPS) is 9.90. The van der Waals surface area contributed by atoms with Crippen molar-refractivity contribution in [1.29, 1.82) is 0 Å². The van der Waals surface area contributed by atoms with Gasteiger partial charge < -0.3 is 25.5 Å². The largest absolute Gasteiger partial charge is 0.508 e. The molecule has 282 valence electrons. The van der Waals surface area contributed by atoms with E-state index in [2.05, 4.69) is 13.8 Å². The van der Waals surface area contributed by atoms with Gasteiger partial charge in [-0.05, 0) is 37.5 Å². The molecule has 48 heavy (non-hydrogen) atoms. The Balaban J connectivity index is -0.000000588. The summed E-state index contributed by atoms with van der Waals surface area (Å²) in [5.41, 5.74) is 0.965. The molecule has 2 rings (SSSR count). The molecule has 2 aromatic carbocycles. The summed E-state index contributed by atoms with van der Waals surface area (Å²) in [6, 6.07) is 18.2. The van der Waals surface area contributed by atoms with E-state index in [1.165, 1.54) is 141 Å². The standard InChI is InChI=1S/C18H38O.C10H22O.C7H8O.C6H6O.C2H6O/c1-2-3-4-5-6-7-8-9-10-11-12-13-14-15-16-17-18-19;1-2-3-4-5-6-7-8-9-10-11;8-6-7-4-2-1-3-5-7;7-6-4-2-1-3-5-6;1-2-3/h19H,2-18H2,1H3;11H,2-10H2,1H3;1-5,8H,6H2;1-5,7H;3H,2H2,1H3. The molecule has 0 unspecified atom stereocenters. The van der Waals surface area contributed by atoms with E-state index in [9.17, 15) is 0 Å². The van der Waals surface area contributed by atoms with Gasteiger partial charge in [-0.15, -0.1) is 0 Å². The average Bonchev–Trinajstić information content (AvgIpc) is 3.11. The predicted molar refractivity (Wildman–Crippen MR) is 210 cm³/mol. The number of hydrogen-bond acceptors (Lipinski definition) is 5. The van der Waals surface area contributed by atoms with Gasteiger partial charge in [0.05, 0.1) is 6.61 Å². The Labute approximate surface area is 298 Å².